The van der Waals surface area contributed by atoms with E-state index in [0.717, 1.165) is 20.8 Å². The molecule has 3 rings (SSSR count). The molecule has 0 aliphatic rings. The standard InChI is InChI=1S/C29H33BrFN3O4S/c1-4-18-32-29(36)27(5-2)33(19-22-8-12-24(31)13-9-22)28(35)20-34(25-14-10-23(30)11-15-25)39(37,38)26-16-6-21(3)7-17-26/h6-17,27H,4-5,18-20H2,1-3H3,(H,32,36)/t27-/m1/s1. The Kier molecular flexibility index (Phi) is 10.7. The van der Waals surface area contributed by atoms with Gasteiger partial charge in [-0.05, 0) is 73.9 Å². The number of sulfonamides is 1. The fraction of sp³-hybridized carbons (Fsp3) is 0.310. The average Bonchev–Trinajstić information content (AvgIpc) is 2.92. The Labute approximate surface area is 238 Å². The lowest BCUT2D eigenvalue weighted by molar-refractivity contribution is -0.140. The molecule has 0 saturated heterocycles. The molecule has 208 valence electrons. The number of aryl methyl sites for hydroxylation is 1. The summed E-state index contributed by atoms with van der Waals surface area (Å²) in [5.41, 5.74) is 1.81. The Hall–Kier alpha value is -3.24. The number of carbonyl (C=O) groups excluding carboxylic acids is 2. The molecule has 7 nitrogen and oxygen atoms in total. The summed E-state index contributed by atoms with van der Waals surface area (Å²) in [6.07, 6.45) is 1.03. The lowest BCUT2D eigenvalue weighted by Gasteiger charge is -2.33. The molecule has 10 heteroatoms. The highest BCUT2D eigenvalue weighted by Gasteiger charge is 2.33. The number of carbonyl (C=O) groups is 2. The van der Waals surface area contributed by atoms with E-state index in [2.05, 4.69) is 21.2 Å². The van der Waals surface area contributed by atoms with Crippen LogP contribution in [0.15, 0.2) is 82.2 Å². The number of hydrogen-bond acceptors (Lipinski definition) is 4. The molecule has 39 heavy (non-hydrogen) atoms. The number of rotatable bonds is 12. The maximum absolute atomic E-state index is 13.9. The van der Waals surface area contributed by atoms with Crippen molar-refractivity contribution >= 4 is 43.5 Å². The normalized spacial score (nSPS) is 12.0. The van der Waals surface area contributed by atoms with E-state index >= 15 is 0 Å². The minimum Gasteiger partial charge on any atom is -0.354 e. The van der Waals surface area contributed by atoms with E-state index in [1.807, 2.05) is 13.8 Å². The number of anilines is 1. The second kappa shape index (κ2) is 13.7. The van der Waals surface area contributed by atoms with Gasteiger partial charge in [-0.2, -0.15) is 0 Å². The first-order chi connectivity index (χ1) is 18.6. The highest BCUT2D eigenvalue weighted by molar-refractivity contribution is 9.10. The van der Waals surface area contributed by atoms with Crippen LogP contribution in [0.5, 0.6) is 0 Å². The van der Waals surface area contributed by atoms with Gasteiger partial charge in [-0.3, -0.25) is 13.9 Å². The molecular formula is C29H33BrFN3O4S. The molecule has 0 aromatic heterocycles. The Morgan fingerprint density at radius 2 is 1.56 bits per heavy atom. The van der Waals surface area contributed by atoms with Crippen LogP contribution >= 0.6 is 15.9 Å². The van der Waals surface area contributed by atoms with Crippen molar-refractivity contribution in [1.29, 1.82) is 0 Å². The monoisotopic (exact) mass is 617 g/mol. The third-order valence-corrected chi connectivity index (χ3v) is 8.52. The third kappa shape index (κ3) is 7.89. The molecular weight excluding hydrogens is 585 g/mol. The quantitative estimate of drug-likeness (QED) is 0.294. The van der Waals surface area contributed by atoms with Crippen LogP contribution in [-0.4, -0.2) is 44.3 Å². The zero-order chi connectivity index (χ0) is 28.6. The van der Waals surface area contributed by atoms with E-state index in [1.54, 1.807) is 55.5 Å². The Bertz CT molecular complexity index is 1370. The van der Waals surface area contributed by atoms with Crippen molar-refractivity contribution in [3.63, 3.8) is 0 Å². The summed E-state index contributed by atoms with van der Waals surface area (Å²) in [4.78, 5) is 28.4. The van der Waals surface area contributed by atoms with Crippen molar-refractivity contribution in [1.82, 2.24) is 10.2 Å². The van der Waals surface area contributed by atoms with Crippen LogP contribution in [0.1, 0.15) is 37.8 Å². The van der Waals surface area contributed by atoms with E-state index in [9.17, 15) is 22.4 Å². The lowest BCUT2D eigenvalue weighted by Crippen LogP contribution is -2.52. The van der Waals surface area contributed by atoms with Crippen LogP contribution in [0.25, 0.3) is 0 Å². The van der Waals surface area contributed by atoms with Crippen molar-refractivity contribution < 1.29 is 22.4 Å². The van der Waals surface area contributed by atoms with E-state index < -0.39 is 34.3 Å². The van der Waals surface area contributed by atoms with Crippen LogP contribution in [0, 0.1) is 12.7 Å². The molecule has 0 fully saturated rings. The van der Waals surface area contributed by atoms with Gasteiger partial charge in [0, 0.05) is 17.6 Å². The number of benzene rings is 3. The number of nitrogens with zero attached hydrogens (tertiary/aromatic N) is 2. The van der Waals surface area contributed by atoms with Gasteiger partial charge in [0.1, 0.15) is 18.4 Å². The Morgan fingerprint density at radius 3 is 2.13 bits per heavy atom. The molecule has 0 saturated carbocycles. The minimum absolute atomic E-state index is 0.00984. The summed E-state index contributed by atoms with van der Waals surface area (Å²) in [5.74, 6) is -1.31. The predicted molar refractivity (Wildman–Crippen MR) is 154 cm³/mol. The molecule has 2 amide bonds. The summed E-state index contributed by atoms with van der Waals surface area (Å²) < 4.78 is 43.0. The first-order valence-electron chi connectivity index (χ1n) is 12.7. The molecule has 0 spiro atoms. The van der Waals surface area contributed by atoms with E-state index in [4.69, 9.17) is 0 Å². The topological polar surface area (TPSA) is 86.8 Å². The first kappa shape index (κ1) is 30.3. The van der Waals surface area contributed by atoms with E-state index in [-0.39, 0.29) is 17.3 Å². The highest BCUT2D eigenvalue weighted by Crippen LogP contribution is 2.26. The lowest BCUT2D eigenvalue weighted by atomic mass is 10.1. The second-order valence-electron chi connectivity index (χ2n) is 9.16. The van der Waals surface area contributed by atoms with Crippen LogP contribution in [-0.2, 0) is 26.2 Å². The molecule has 1 atom stereocenters. The van der Waals surface area contributed by atoms with Gasteiger partial charge < -0.3 is 10.2 Å². The van der Waals surface area contributed by atoms with Crippen LogP contribution in [0.3, 0.4) is 0 Å². The maximum Gasteiger partial charge on any atom is 0.264 e. The van der Waals surface area contributed by atoms with Crippen LogP contribution < -0.4 is 9.62 Å². The van der Waals surface area contributed by atoms with E-state index in [0.29, 0.717) is 24.2 Å². The summed E-state index contributed by atoms with van der Waals surface area (Å²) in [6.45, 7) is 5.49. The molecule has 0 radical (unpaired) electrons. The van der Waals surface area contributed by atoms with Crippen molar-refractivity contribution in [2.75, 3.05) is 17.4 Å². The van der Waals surface area contributed by atoms with Crippen LogP contribution in [0.4, 0.5) is 10.1 Å². The fourth-order valence-electron chi connectivity index (χ4n) is 4.05. The molecule has 3 aromatic carbocycles. The summed E-state index contributed by atoms with van der Waals surface area (Å²) >= 11 is 3.36. The number of amides is 2. The molecule has 1 N–H and O–H groups in total. The molecule has 0 heterocycles. The van der Waals surface area contributed by atoms with Crippen LogP contribution in [0.2, 0.25) is 0 Å². The van der Waals surface area contributed by atoms with Gasteiger partial charge in [0.15, 0.2) is 0 Å². The van der Waals surface area contributed by atoms with Gasteiger partial charge in [-0.25, -0.2) is 12.8 Å². The number of halogens is 2. The third-order valence-electron chi connectivity index (χ3n) is 6.20. The maximum atomic E-state index is 13.9. The summed E-state index contributed by atoms with van der Waals surface area (Å²) in [5, 5.41) is 2.84. The Balaban J connectivity index is 2.03. The highest BCUT2D eigenvalue weighted by atomic mass is 79.9. The van der Waals surface area contributed by atoms with Gasteiger partial charge >= 0.3 is 0 Å². The second-order valence-corrected chi connectivity index (χ2v) is 11.9. The van der Waals surface area contributed by atoms with Crippen molar-refractivity contribution in [3.05, 3.63) is 94.2 Å². The average molecular weight is 619 g/mol. The molecule has 3 aromatic rings. The molecule has 0 unspecified atom stereocenters. The predicted octanol–water partition coefficient (Wildman–Crippen LogP) is 5.43. The van der Waals surface area contributed by atoms with Crippen molar-refractivity contribution in [2.45, 2.75) is 51.1 Å². The zero-order valence-electron chi connectivity index (χ0n) is 22.2. The summed E-state index contributed by atoms with van der Waals surface area (Å²) in [6, 6.07) is 17.8. The van der Waals surface area contributed by atoms with E-state index in [1.165, 1.54) is 29.2 Å². The fourth-order valence-corrected chi connectivity index (χ4v) is 5.72. The van der Waals surface area contributed by atoms with Crippen molar-refractivity contribution in [2.24, 2.45) is 0 Å². The van der Waals surface area contributed by atoms with Gasteiger partial charge in [-0.1, -0.05) is 59.6 Å². The van der Waals surface area contributed by atoms with Gasteiger partial charge in [-0.15, -0.1) is 0 Å². The minimum atomic E-state index is -4.14. The first-order valence-corrected chi connectivity index (χ1v) is 15.0. The zero-order valence-corrected chi connectivity index (χ0v) is 24.6. The summed E-state index contributed by atoms with van der Waals surface area (Å²) in [7, 11) is -4.14. The smallest absolute Gasteiger partial charge is 0.264 e. The van der Waals surface area contributed by atoms with Gasteiger partial charge in [0.05, 0.1) is 10.6 Å². The Morgan fingerprint density at radius 1 is 0.949 bits per heavy atom. The number of hydrogen-bond donors (Lipinski definition) is 1. The van der Waals surface area contributed by atoms with Gasteiger partial charge in [0.25, 0.3) is 10.0 Å². The molecule has 0 aliphatic heterocycles. The van der Waals surface area contributed by atoms with Gasteiger partial charge in [0.2, 0.25) is 11.8 Å². The largest absolute Gasteiger partial charge is 0.354 e. The van der Waals surface area contributed by atoms with Crippen molar-refractivity contribution in [3.8, 4) is 0 Å². The number of nitrogens with one attached hydrogen (secondary N) is 1. The SMILES string of the molecule is CCCNC(=O)[C@@H](CC)N(Cc1ccc(F)cc1)C(=O)CN(c1ccc(Br)cc1)S(=O)(=O)c1ccc(C)cc1. The molecule has 0 bridgehead atoms. The molecule has 0 aliphatic carbocycles.